The normalized spacial score (nSPS) is 17.2. The zero-order chi connectivity index (χ0) is 17.0. The maximum absolute atomic E-state index is 12.3. The number of nitrogens with zero attached hydrogens (tertiary/aromatic N) is 3. The average molecular weight is 349 g/mol. The Kier molecular flexibility index (Phi) is 5.33. The van der Waals surface area contributed by atoms with Crippen LogP contribution in [0.4, 0.5) is 0 Å². The second-order valence-electron chi connectivity index (χ2n) is 6.18. The minimum absolute atomic E-state index is 0.166. The van der Waals surface area contributed by atoms with Crippen LogP contribution in [0.25, 0.3) is 0 Å². The maximum atomic E-state index is 12.3. The Morgan fingerprint density at radius 1 is 1.08 bits per heavy atom. The molecule has 2 heterocycles. The molecule has 1 fully saturated rings. The molecule has 0 amide bonds. The molecule has 2 aromatic rings. The van der Waals surface area contributed by atoms with E-state index >= 15 is 0 Å². The third kappa shape index (κ3) is 4.43. The number of piperazine rings is 1. The van der Waals surface area contributed by atoms with Gasteiger partial charge < -0.3 is 4.52 Å². The van der Waals surface area contributed by atoms with Crippen molar-refractivity contribution in [2.45, 2.75) is 18.4 Å². The van der Waals surface area contributed by atoms with Crippen molar-refractivity contribution in [3.05, 3.63) is 47.9 Å². The zero-order valence-electron chi connectivity index (χ0n) is 13.9. The molecule has 0 bridgehead atoms. The number of hydrogen-bond acceptors (Lipinski definition) is 6. The number of sulfone groups is 1. The number of rotatable bonds is 6. The monoisotopic (exact) mass is 349 g/mol. The number of hydrogen-bond donors (Lipinski definition) is 0. The summed E-state index contributed by atoms with van der Waals surface area (Å²) in [6.07, 6.45) is 0. The van der Waals surface area contributed by atoms with E-state index in [-0.39, 0.29) is 5.75 Å². The second kappa shape index (κ2) is 7.46. The highest BCUT2D eigenvalue weighted by Gasteiger charge is 2.21. The summed E-state index contributed by atoms with van der Waals surface area (Å²) < 4.78 is 29.7. The van der Waals surface area contributed by atoms with Gasteiger partial charge in [-0.3, -0.25) is 9.80 Å². The molecule has 24 heavy (non-hydrogen) atoms. The Bertz CT molecular complexity index is 750. The topological polar surface area (TPSA) is 66.7 Å². The molecule has 0 radical (unpaired) electrons. The maximum Gasteiger partial charge on any atom is 0.179 e. The predicted molar refractivity (Wildman–Crippen MR) is 91.5 cm³/mol. The van der Waals surface area contributed by atoms with Crippen molar-refractivity contribution >= 4 is 9.84 Å². The fourth-order valence-electron chi connectivity index (χ4n) is 2.89. The van der Waals surface area contributed by atoms with Gasteiger partial charge in [0.05, 0.1) is 16.3 Å². The summed E-state index contributed by atoms with van der Waals surface area (Å²) in [6.45, 7) is 6.83. The highest BCUT2D eigenvalue weighted by molar-refractivity contribution is 7.91. The smallest absolute Gasteiger partial charge is 0.179 e. The summed E-state index contributed by atoms with van der Waals surface area (Å²) in [5.41, 5.74) is 0.951. The minimum atomic E-state index is -3.20. The van der Waals surface area contributed by atoms with Gasteiger partial charge >= 0.3 is 0 Å². The Balaban J connectivity index is 1.45. The van der Waals surface area contributed by atoms with E-state index in [2.05, 4.69) is 15.0 Å². The molecule has 0 unspecified atom stereocenters. The van der Waals surface area contributed by atoms with Crippen molar-refractivity contribution in [1.29, 1.82) is 0 Å². The fourth-order valence-corrected chi connectivity index (χ4v) is 4.19. The molecule has 6 nitrogen and oxygen atoms in total. The molecule has 0 saturated carbocycles. The van der Waals surface area contributed by atoms with Gasteiger partial charge in [0, 0.05) is 45.3 Å². The summed E-state index contributed by atoms with van der Waals surface area (Å²) in [5.74, 6) is 0.995. The van der Waals surface area contributed by atoms with E-state index in [1.807, 2.05) is 19.1 Å². The molecule has 3 rings (SSSR count). The first-order valence-corrected chi connectivity index (χ1v) is 9.83. The molecule has 130 valence electrons. The van der Waals surface area contributed by atoms with Crippen LogP contribution in [0.3, 0.4) is 0 Å². The molecule has 1 aromatic heterocycles. The molecule has 7 heteroatoms. The number of benzene rings is 1. The van der Waals surface area contributed by atoms with Gasteiger partial charge in [-0.25, -0.2) is 8.42 Å². The number of aryl methyl sites for hydroxylation is 1. The van der Waals surface area contributed by atoms with Crippen LogP contribution in [0.15, 0.2) is 45.8 Å². The summed E-state index contributed by atoms with van der Waals surface area (Å²) >= 11 is 0. The van der Waals surface area contributed by atoms with E-state index in [0.717, 1.165) is 44.2 Å². The predicted octanol–water partition coefficient (Wildman–Crippen LogP) is 1.57. The van der Waals surface area contributed by atoms with Gasteiger partial charge in [-0.2, -0.15) is 0 Å². The molecule has 0 N–H and O–H groups in total. The molecular formula is C17H23N3O3S. The minimum Gasteiger partial charge on any atom is -0.361 e. The average Bonchev–Trinajstić information content (AvgIpc) is 3.00. The first-order chi connectivity index (χ1) is 11.5. The first-order valence-electron chi connectivity index (χ1n) is 8.18. The van der Waals surface area contributed by atoms with E-state index in [0.29, 0.717) is 11.4 Å². The second-order valence-corrected chi connectivity index (χ2v) is 8.29. The van der Waals surface area contributed by atoms with Gasteiger partial charge in [-0.05, 0) is 19.1 Å². The SMILES string of the molecule is Cc1cc(CN2CCN(CCS(=O)(=O)c3ccccc3)CC2)no1. The van der Waals surface area contributed by atoms with Crippen molar-refractivity contribution in [3.63, 3.8) is 0 Å². The quantitative estimate of drug-likeness (QED) is 0.789. The van der Waals surface area contributed by atoms with Crippen LogP contribution >= 0.6 is 0 Å². The summed E-state index contributed by atoms with van der Waals surface area (Å²) in [6, 6.07) is 10.6. The Morgan fingerprint density at radius 2 is 1.75 bits per heavy atom. The Labute approximate surface area is 143 Å². The van der Waals surface area contributed by atoms with Crippen molar-refractivity contribution in [2.75, 3.05) is 38.5 Å². The Hall–Kier alpha value is -1.70. The van der Waals surface area contributed by atoms with Crippen molar-refractivity contribution < 1.29 is 12.9 Å². The zero-order valence-corrected chi connectivity index (χ0v) is 14.7. The van der Waals surface area contributed by atoms with E-state index in [9.17, 15) is 8.42 Å². The van der Waals surface area contributed by atoms with Crippen molar-refractivity contribution in [1.82, 2.24) is 15.0 Å². The lowest BCUT2D eigenvalue weighted by atomic mass is 10.3. The lowest BCUT2D eigenvalue weighted by Gasteiger charge is -2.34. The molecule has 0 atom stereocenters. The van der Waals surface area contributed by atoms with E-state index in [1.165, 1.54) is 0 Å². The highest BCUT2D eigenvalue weighted by Crippen LogP contribution is 2.12. The van der Waals surface area contributed by atoms with Crippen LogP contribution in [-0.4, -0.2) is 61.9 Å². The van der Waals surface area contributed by atoms with E-state index in [4.69, 9.17) is 4.52 Å². The van der Waals surface area contributed by atoms with Crippen LogP contribution in [-0.2, 0) is 16.4 Å². The Morgan fingerprint density at radius 3 is 2.38 bits per heavy atom. The molecule has 1 aliphatic heterocycles. The standard InChI is InChI=1S/C17H23N3O3S/c1-15-13-16(18-23-15)14-20-9-7-19(8-10-20)11-12-24(21,22)17-5-3-2-4-6-17/h2-6,13H,7-12,14H2,1H3. The molecule has 0 aliphatic carbocycles. The largest absolute Gasteiger partial charge is 0.361 e. The molecule has 1 saturated heterocycles. The summed E-state index contributed by atoms with van der Waals surface area (Å²) in [7, 11) is -3.20. The van der Waals surface area contributed by atoms with Crippen LogP contribution < -0.4 is 0 Å². The van der Waals surface area contributed by atoms with Gasteiger partial charge in [0.15, 0.2) is 9.84 Å². The third-order valence-corrected chi connectivity index (χ3v) is 6.02. The lowest BCUT2D eigenvalue weighted by Crippen LogP contribution is -2.47. The number of aromatic nitrogens is 1. The van der Waals surface area contributed by atoms with E-state index in [1.54, 1.807) is 24.3 Å². The van der Waals surface area contributed by atoms with Gasteiger partial charge in [0.25, 0.3) is 0 Å². The van der Waals surface area contributed by atoms with Gasteiger partial charge in [-0.15, -0.1) is 0 Å². The molecule has 1 aromatic carbocycles. The van der Waals surface area contributed by atoms with Crippen molar-refractivity contribution in [3.8, 4) is 0 Å². The fraction of sp³-hybridized carbons (Fsp3) is 0.471. The van der Waals surface area contributed by atoms with Gasteiger partial charge in [-0.1, -0.05) is 23.4 Å². The first kappa shape index (κ1) is 17.1. The van der Waals surface area contributed by atoms with E-state index < -0.39 is 9.84 Å². The van der Waals surface area contributed by atoms with Crippen LogP contribution in [0.2, 0.25) is 0 Å². The molecular weight excluding hydrogens is 326 g/mol. The summed E-state index contributed by atoms with van der Waals surface area (Å²) in [5, 5.41) is 4.02. The third-order valence-electron chi connectivity index (χ3n) is 4.31. The highest BCUT2D eigenvalue weighted by atomic mass is 32.2. The van der Waals surface area contributed by atoms with Crippen LogP contribution in [0.1, 0.15) is 11.5 Å². The van der Waals surface area contributed by atoms with Gasteiger partial charge in [0.1, 0.15) is 5.76 Å². The van der Waals surface area contributed by atoms with Crippen molar-refractivity contribution in [2.24, 2.45) is 0 Å². The van der Waals surface area contributed by atoms with Gasteiger partial charge in [0.2, 0.25) is 0 Å². The molecule has 0 spiro atoms. The molecule has 1 aliphatic rings. The summed E-state index contributed by atoms with van der Waals surface area (Å²) in [4.78, 5) is 4.94. The van der Waals surface area contributed by atoms with Crippen LogP contribution in [0, 0.1) is 6.92 Å². The lowest BCUT2D eigenvalue weighted by molar-refractivity contribution is 0.130. The van der Waals surface area contributed by atoms with Crippen LogP contribution in [0.5, 0.6) is 0 Å².